The normalized spacial score (nSPS) is 16.5. The molecular formula is C12H15NOS. The van der Waals surface area contributed by atoms with Crippen LogP contribution in [0.4, 0.5) is 0 Å². The van der Waals surface area contributed by atoms with Crippen LogP contribution in [0.1, 0.15) is 29.6 Å². The van der Waals surface area contributed by atoms with Crippen molar-refractivity contribution in [3.63, 3.8) is 0 Å². The second kappa shape index (κ2) is 4.71. The zero-order chi connectivity index (χ0) is 10.7. The van der Waals surface area contributed by atoms with E-state index in [9.17, 15) is 4.79 Å². The van der Waals surface area contributed by atoms with Gasteiger partial charge in [-0.15, -0.1) is 12.6 Å². The highest BCUT2D eigenvalue weighted by Crippen LogP contribution is 2.15. The summed E-state index contributed by atoms with van der Waals surface area (Å²) >= 11 is 4.24. The molecule has 0 N–H and O–H groups in total. The maximum Gasteiger partial charge on any atom is 0.253 e. The highest BCUT2D eigenvalue weighted by atomic mass is 32.1. The molecule has 3 heteroatoms. The maximum atomic E-state index is 12.0. The van der Waals surface area contributed by atoms with Gasteiger partial charge in [-0.3, -0.25) is 4.79 Å². The summed E-state index contributed by atoms with van der Waals surface area (Å²) in [4.78, 5) is 14.8. The van der Waals surface area contributed by atoms with Crippen molar-refractivity contribution in [2.75, 3.05) is 13.1 Å². The van der Waals surface area contributed by atoms with E-state index in [0.717, 1.165) is 36.4 Å². The third-order valence-electron chi connectivity index (χ3n) is 2.74. The first kappa shape index (κ1) is 10.6. The van der Waals surface area contributed by atoms with Gasteiger partial charge in [-0.05, 0) is 37.5 Å². The molecule has 2 rings (SSSR count). The van der Waals surface area contributed by atoms with Crippen molar-refractivity contribution in [3.8, 4) is 0 Å². The summed E-state index contributed by atoms with van der Waals surface area (Å²) in [5.41, 5.74) is 0.754. The monoisotopic (exact) mass is 221 g/mol. The van der Waals surface area contributed by atoms with Crippen LogP contribution in [0, 0.1) is 0 Å². The van der Waals surface area contributed by atoms with Gasteiger partial charge >= 0.3 is 0 Å². The molecule has 0 aromatic heterocycles. The lowest BCUT2D eigenvalue weighted by Crippen LogP contribution is -2.35. The van der Waals surface area contributed by atoms with Crippen molar-refractivity contribution < 1.29 is 4.79 Å². The van der Waals surface area contributed by atoms with Gasteiger partial charge in [0.05, 0.1) is 0 Å². The van der Waals surface area contributed by atoms with Gasteiger partial charge < -0.3 is 4.90 Å². The van der Waals surface area contributed by atoms with Crippen molar-refractivity contribution in [1.29, 1.82) is 0 Å². The average molecular weight is 221 g/mol. The summed E-state index contributed by atoms with van der Waals surface area (Å²) in [6.07, 6.45) is 3.51. The minimum atomic E-state index is 0.144. The molecule has 1 fully saturated rings. The van der Waals surface area contributed by atoms with E-state index in [0.29, 0.717) is 0 Å². The second-order valence-corrected chi connectivity index (χ2v) is 4.42. The molecule has 0 atom stereocenters. The van der Waals surface area contributed by atoms with Crippen LogP contribution < -0.4 is 0 Å². The second-order valence-electron chi connectivity index (χ2n) is 3.90. The number of carbonyl (C=O) groups excluding carboxylic acids is 1. The summed E-state index contributed by atoms with van der Waals surface area (Å²) in [7, 11) is 0. The predicted octanol–water partition coefficient (Wildman–Crippen LogP) is 2.60. The van der Waals surface area contributed by atoms with Crippen molar-refractivity contribution in [3.05, 3.63) is 29.8 Å². The van der Waals surface area contributed by atoms with Gasteiger partial charge in [-0.1, -0.05) is 6.07 Å². The van der Waals surface area contributed by atoms with Crippen LogP contribution in [-0.4, -0.2) is 23.9 Å². The van der Waals surface area contributed by atoms with Crippen molar-refractivity contribution in [2.45, 2.75) is 24.2 Å². The Bertz CT molecular complexity index is 358. The molecule has 1 aromatic carbocycles. The van der Waals surface area contributed by atoms with Gasteiger partial charge in [-0.2, -0.15) is 0 Å². The lowest BCUT2D eigenvalue weighted by Gasteiger charge is -2.26. The average Bonchev–Trinajstić information content (AvgIpc) is 2.29. The molecule has 0 bridgehead atoms. The van der Waals surface area contributed by atoms with E-state index in [2.05, 4.69) is 12.6 Å². The maximum absolute atomic E-state index is 12.0. The molecule has 0 radical (unpaired) electrons. The van der Waals surface area contributed by atoms with Crippen LogP contribution in [0.15, 0.2) is 29.2 Å². The van der Waals surface area contributed by atoms with Crippen LogP contribution in [0.2, 0.25) is 0 Å². The Morgan fingerprint density at radius 2 is 1.93 bits per heavy atom. The van der Waals surface area contributed by atoms with Gasteiger partial charge in [0.2, 0.25) is 0 Å². The number of hydrogen-bond donors (Lipinski definition) is 1. The van der Waals surface area contributed by atoms with Crippen molar-refractivity contribution in [2.24, 2.45) is 0 Å². The predicted molar refractivity (Wildman–Crippen MR) is 63.4 cm³/mol. The number of thiol groups is 1. The van der Waals surface area contributed by atoms with Crippen LogP contribution in [0.3, 0.4) is 0 Å². The van der Waals surface area contributed by atoms with Gasteiger partial charge in [0.1, 0.15) is 0 Å². The number of rotatable bonds is 1. The summed E-state index contributed by atoms with van der Waals surface area (Å²) in [6.45, 7) is 1.80. The molecule has 0 saturated carbocycles. The highest BCUT2D eigenvalue weighted by Gasteiger charge is 2.17. The summed E-state index contributed by atoms with van der Waals surface area (Å²) in [5.74, 6) is 0.144. The topological polar surface area (TPSA) is 20.3 Å². The third-order valence-corrected chi connectivity index (χ3v) is 3.01. The standard InChI is InChI=1S/C12H15NOS/c14-12(13-7-2-1-3-8-13)10-5-4-6-11(15)9-10/h4-6,9,15H,1-3,7-8H2. The fourth-order valence-electron chi connectivity index (χ4n) is 1.92. The summed E-state index contributed by atoms with van der Waals surface area (Å²) in [6, 6.07) is 7.45. The quantitative estimate of drug-likeness (QED) is 0.723. The van der Waals surface area contributed by atoms with Gasteiger partial charge in [0.25, 0.3) is 5.91 Å². The molecule has 1 aromatic rings. The van der Waals surface area contributed by atoms with E-state index in [1.807, 2.05) is 29.2 Å². The Hall–Kier alpha value is -0.960. The van der Waals surface area contributed by atoms with Crippen LogP contribution in [-0.2, 0) is 0 Å². The van der Waals surface area contributed by atoms with Crippen LogP contribution in [0.5, 0.6) is 0 Å². The minimum absolute atomic E-state index is 0.144. The van der Waals surface area contributed by atoms with E-state index in [-0.39, 0.29) is 5.91 Å². The van der Waals surface area contributed by atoms with Crippen LogP contribution >= 0.6 is 12.6 Å². The smallest absolute Gasteiger partial charge is 0.253 e. The summed E-state index contributed by atoms with van der Waals surface area (Å²) < 4.78 is 0. The molecule has 1 aliphatic heterocycles. The number of carbonyl (C=O) groups is 1. The zero-order valence-electron chi connectivity index (χ0n) is 8.65. The Balaban J connectivity index is 2.12. The molecule has 1 heterocycles. The largest absolute Gasteiger partial charge is 0.339 e. The molecule has 1 amide bonds. The summed E-state index contributed by atoms with van der Waals surface area (Å²) in [5, 5.41) is 0. The third kappa shape index (κ3) is 2.53. The lowest BCUT2D eigenvalue weighted by molar-refractivity contribution is 0.0724. The minimum Gasteiger partial charge on any atom is -0.339 e. The molecule has 80 valence electrons. The molecule has 1 aliphatic rings. The SMILES string of the molecule is O=C(c1cccc(S)c1)N1CCCCC1. The molecule has 2 nitrogen and oxygen atoms in total. The van der Waals surface area contributed by atoms with E-state index >= 15 is 0 Å². The number of amides is 1. The van der Waals surface area contributed by atoms with Gasteiger partial charge in [0.15, 0.2) is 0 Å². The fraction of sp³-hybridized carbons (Fsp3) is 0.417. The Morgan fingerprint density at radius 1 is 1.20 bits per heavy atom. The Morgan fingerprint density at radius 3 is 2.60 bits per heavy atom. The van der Waals surface area contributed by atoms with E-state index in [1.54, 1.807) is 0 Å². The molecule has 0 aliphatic carbocycles. The Kier molecular flexibility index (Phi) is 3.31. The van der Waals surface area contributed by atoms with E-state index < -0.39 is 0 Å². The zero-order valence-corrected chi connectivity index (χ0v) is 9.54. The molecular weight excluding hydrogens is 206 g/mol. The number of piperidine rings is 1. The molecule has 1 saturated heterocycles. The molecule has 15 heavy (non-hydrogen) atoms. The van der Waals surface area contributed by atoms with Gasteiger partial charge in [-0.25, -0.2) is 0 Å². The number of hydrogen-bond acceptors (Lipinski definition) is 2. The lowest BCUT2D eigenvalue weighted by atomic mass is 10.1. The van der Waals surface area contributed by atoms with Crippen molar-refractivity contribution >= 4 is 18.5 Å². The molecule has 0 spiro atoms. The Labute approximate surface area is 95.7 Å². The number of benzene rings is 1. The fourth-order valence-corrected chi connectivity index (χ4v) is 2.14. The number of nitrogens with zero attached hydrogens (tertiary/aromatic N) is 1. The van der Waals surface area contributed by atoms with Crippen LogP contribution in [0.25, 0.3) is 0 Å². The first-order chi connectivity index (χ1) is 7.27. The first-order valence-electron chi connectivity index (χ1n) is 5.36. The highest BCUT2D eigenvalue weighted by molar-refractivity contribution is 7.80. The number of likely N-dealkylation sites (tertiary alicyclic amines) is 1. The van der Waals surface area contributed by atoms with E-state index in [1.165, 1.54) is 6.42 Å². The first-order valence-corrected chi connectivity index (χ1v) is 5.80. The van der Waals surface area contributed by atoms with Gasteiger partial charge in [0, 0.05) is 23.5 Å². The molecule has 0 unspecified atom stereocenters. The van der Waals surface area contributed by atoms with E-state index in [4.69, 9.17) is 0 Å². The van der Waals surface area contributed by atoms with Crippen molar-refractivity contribution in [1.82, 2.24) is 4.90 Å².